The monoisotopic (exact) mass is 526 g/mol. The second kappa shape index (κ2) is 8.81. The van der Waals surface area contributed by atoms with E-state index in [2.05, 4.69) is 153 Å². The molecule has 0 unspecified atom stereocenters. The molecule has 2 aliphatic rings. The molecule has 0 atom stereocenters. The molecule has 0 spiro atoms. The van der Waals surface area contributed by atoms with Gasteiger partial charge in [0.15, 0.2) is 0 Å². The van der Waals surface area contributed by atoms with Crippen molar-refractivity contribution in [2.24, 2.45) is 0 Å². The molecule has 0 aromatic heterocycles. The first kappa shape index (κ1) is 24.0. The van der Waals surface area contributed by atoms with Crippen molar-refractivity contribution in [3.8, 4) is 33.8 Å². The number of rotatable bonds is 3. The van der Waals surface area contributed by atoms with Gasteiger partial charge in [0, 0.05) is 16.5 Å². The Hall–Kier alpha value is -4.88. The van der Waals surface area contributed by atoms with Crippen molar-refractivity contribution < 1.29 is 4.74 Å². The third kappa shape index (κ3) is 3.36. The lowest BCUT2D eigenvalue weighted by Gasteiger charge is -2.35. The Kier molecular flexibility index (Phi) is 5.15. The van der Waals surface area contributed by atoms with Gasteiger partial charge >= 0.3 is 0 Å². The predicted molar refractivity (Wildman–Crippen MR) is 168 cm³/mol. The molecule has 1 aliphatic carbocycles. The average Bonchev–Trinajstić information content (AvgIpc) is 3.32. The number of fused-ring (bicyclic) bond motifs is 5. The highest BCUT2D eigenvalue weighted by molar-refractivity contribution is 5.88. The van der Waals surface area contributed by atoms with Gasteiger partial charge in [0.05, 0.1) is 5.41 Å². The summed E-state index contributed by atoms with van der Waals surface area (Å²) >= 11 is 0. The molecule has 1 heteroatoms. The van der Waals surface area contributed by atoms with Gasteiger partial charge in [0.1, 0.15) is 11.5 Å². The normalized spacial score (nSPS) is 15.2. The van der Waals surface area contributed by atoms with E-state index in [0.29, 0.717) is 0 Å². The molecule has 0 bridgehead atoms. The van der Waals surface area contributed by atoms with Crippen LogP contribution in [0.15, 0.2) is 146 Å². The van der Waals surface area contributed by atoms with Crippen LogP contribution in [0, 0.1) is 0 Å². The molecule has 8 rings (SSSR count). The fourth-order valence-corrected chi connectivity index (χ4v) is 7.25. The Labute approximate surface area is 241 Å². The van der Waals surface area contributed by atoms with Crippen LogP contribution < -0.4 is 4.74 Å². The zero-order valence-corrected chi connectivity index (χ0v) is 23.3. The van der Waals surface area contributed by atoms with E-state index in [0.717, 1.165) is 11.5 Å². The lowest BCUT2D eigenvalue weighted by atomic mass is 9.67. The van der Waals surface area contributed by atoms with Crippen LogP contribution in [0.4, 0.5) is 0 Å². The Balaban J connectivity index is 1.36. The Morgan fingerprint density at radius 1 is 0.415 bits per heavy atom. The maximum absolute atomic E-state index is 6.37. The van der Waals surface area contributed by atoms with Gasteiger partial charge in [-0.3, -0.25) is 0 Å². The first-order valence-electron chi connectivity index (χ1n) is 14.4. The van der Waals surface area contributed by atoms with Crippen molar-refractivity contribution in [2.45, 2.75) is 24.7 Å². The van der Waals surface area contributed by atoms with E-state index >= 15 is 0 Å². The summed E-state index contributed by atoms with van der Waals surface area (Å²) in [5.74, 6) is 1.89. The summed E-state index contributed by atoms with van der Waals surface area (Å²) in [6.07, 6.45) is 0. The van der Waals surface area contributed by atoms with Gasteiger partial charge in [0.2, 0.25) is 0 Å². The Morgan fingerprint density at radius 3 is 1.63 bits per heavy atom. The minimum absolute atomic E-state index is 0.162. The molecule has 0 saturated carbocycles. The summed E-state index contributed by atoms with van der Waals surface area (Å²) in [4.78, 5) is 0. The van der Waals surface area contributed by atoms with Gasteiger partial charge in [-0.15, -0.1) is 0 Å². The van der Waals surface area contributed by atoms with Crippen LogP contribution in [0.1, 0.15) is 47.2 Å². The minimum Gasteiger partial charge on any atom is -0.457 e. The molecular formula is C40H30O. The highest BCUT2D eigenvalue weighted by atomic mass is 16.5. The molecule has 6 aromatic carbocycles. The van der Waals surface area contributed by atoms with Crippen molar-refractivity contribution in [2.75, 3.05) is 0 Å². The molecule has 0 fully saturated rings. The number of hydrogen-bond acceptors (Lipinski definition) is 1. The van der Waals surface area contributed by atoms with Gasteiger partial charge < -0.3 is 4.74 Å². The van der Waals surface area contributed by atoms with Crippen LogP contribution in [0.25, 0.3) is 22.3 Å². The minimum atomic E-state index is -0.403. The molecule has 0 N–H and O–H groups in total. The van der Waals surface area contributed by atoms with Crippen LogP contribution in [-0.4, -0.2) is 0 Å². The predicted octanol–water partition coefficient (Wildman–Crippen LogP) is 10.1. The van der Waals surface area contributed by atoms with E-state index < -0.39 is 5.41 Å². The molecule has 1 heterocycles. The van der Waals surface area contributed by atoms with E-state index in [1.165, 1.54) is 55.6 Å². The number of benzene rings is 6. The Morgan fingerprint density at radius 2 is 0.927 bits per heavy atom. The van der Waals surface area contributed by atoms with Crippen molar-refractivity contribution in [3.63, 3.8) is 0 Å². The SMILES string of the molecule is CC1(C)c2ccccc2Oc2ccc(-c3ccc4c(c3)C(c3ccccc3)(c3ccccc3)c3ccccc3-4)cc21. The number of para-hydroxylation sites is 1. The molecule has 41 heavy (non-hydrogen) atoms. The summed E-state index contributed by atoms with van der Waals surface area (Å²) < 4.78 is 6.37. The molecule has 0 radical (unpaired) electrons. The summed E-state index contributed by atoms with van der Waals surface area (Å²) in [7, 11) is 0. The molecular weight excluding hydrogens is 496 g/mol. The second-order valence-corrected chi connectivity index (χ2v) is 11.7. The van der Waals surface area contributed by atoms with Gasteiger partial charge in [-0.25, -0.2) is 0 Å². The lowest BCUT2D eigenvalue weighted by molar-refractivity contribution is 0.418. The summed E-state index contributed by atoms with van der Waals surface area (Å²) in [6.45, 7) is 4.60. The topological polar surface area (TPSA) is 9.23 Å². The quantitative estimate of drug-likeness (QED) is 0.223. The maximum Gasteiger partial charge on any atom is 0.131 e. The first-order valence-corrected chi connectivity index (χ1v) is 14.4. The van der Waals surface area contributed by atoms with Crippen LogP contribution in [-0.2, 0) is 10.8 Å². The second-order valence-electron chi connectivity index (χ2n) is 11.7. The zero-order valence-electron chi connectivity index (χ0n) is 23.3. The fraction of sp³-hybridized carbons (Fsp3) is 0.100. The average molecular weight is 527 g/mol. The first-order chi connectivity index (χ1) is 20.1. The van der Waals surface area contributed by atoms with Crippen LogP contribution in [0.3, 0.4) is 0 Å². The largest absolute Gasteiger partial charge is 0.457 e. The van der Waals surface area contributed by atoms with E-state index in [9.17, 15) is 0 Å². The van der Waals surface area contributed by atoms with E-state index in [4.69, 9.17) is 4.74 Å². The molecule has 1 nitrogen and oxygen atoms in total. The standard InChI is InChI=1S/C40H30O/c1-39(2)34-19-11-12-20-37(34)41-38-24-22-28(26-36(38)39)27-21-23-32-31-17-9-10-18-33(31)40(35(32)25-27,29-13-5-3-6-14-29)30-15-7-4-8-16-30/h3-26H,1-2H3. The van der Waals surface area contributed by atoms with Crippen molar-refractivity contribution >= 4 is 0 Å². The van der Waals surface area contributed by atoms with Gasteiger partial charge in [-0.05, 0) is 68.8 Å². The van der Waals surface area contributed by atoms with Crippen LogP contribution in [0.2, 0.25) is 0 Å². The highest BCUT2D eigenvalue weighted by Gasteiger charge is 2.46. The van der Waals surface area contributed by atoms with E-state index in [-0.39, 0.29) is 5.41 Å². The molecule has 0 saturated heterocycles. The summed E-state index contributed by atoms with van der Waals surface area (Å²) in [6, 6.07) is 53.0. The third-order valence-corrected chi connectivity index (χ3v) is 9.22. The van der Waals surface area contributed by atoms with Crippen molar-refractivity contribution in [3.05, 3.63) is 179 Å². The van der Waals surface area contributed by atoms with Gasteiger partial charge in [-0.2, -0.15) is 0 Å². The number of ether oxygens (including phenoxy) is 1. The van der Waals surface area contributed by atoms with Crippen molar-refractivity contribution in [1.29, 1.82) is 0 Å². The molecule has 1 aliphatic heterocycles. The smallest absolute Gasteiger partial charge is 0.131 e. The third-order valence-electron chi connectivity index (χ3n) is 9.22. The Bertz CT molecular complexity index is 1890. The van der Waals surface area contributed by atoms with Crippen molar-refractivity contribution in [1.82, 2.24) is 0 Å². The van der Waals surface area contributed by atoms with E-state index in [1.807, 2.05) is 6.07 Å². The summed E-state index contributed by atoms with van der Waals surface area (Å²) in [5.41, 5.74) is 12.1. The summed E-state index contributed by atoms with van der Waals surface area (Å²) in [5, 5.41) is 0. The van der Waals surface area contributed by atoms with Crippen LogP contribution >= 0.6 is 0 Å². The zero-order chi connectivity index (χ0) is 27.6. The van der Waals surface area contributed by atoms with Gasteiger partial charge in [0.25, 0.3) is 0 Å². The number of hydrogen-bond donors (Lipinski definition) is 0. The highest BCUT2D eigenvalue weighted by Crippen LogP contribution is 2.57. The van der Waals surface area contributed by atoms with Crippen LogP contribution in [0.5, 0.6) is 11.5 Å². The molecule has 6 aromatic rings. The lowest BCUT2D eigenvalue weighted by Crippen LogP contribution is -2.28. The molecule has 0 amide bonds. The van der Waals surface area contributed by atoms with Gasteiger partial charge in [-0.1, -0.05) is 135 Å². The van der Waals surface area contributed by atoms with E-state index in [1.54, 1.807) is 0 Å². The molecule has 196 valence electrons. The maximum atomic E-state index is 6.37. The fourth-order valence-electron chi connectivity index (χ4n) is 7.25.